The van der Waals surface area contributed by atoms with E-state index in [1.54, 1.807) is 0 Å². The Kier molecular flexibility index (Phi) is 1.86. The summed E-state index contributed by atoms with van der Waals surface area (Å²) in [6.07, 6.45) is -2.93. The van der Waals surface area contributed by atoms with Crippen molar-refractivity contribution in [2.45, 2.75) is 13.1 Å². The van der Waals surface area contributed by atoms with Gasteiger partial charge in [-0.05, 0) is 6.92 Å². The Morgan fingerprint density at radius 3 is 2.80 bits per heavy atom. The van der Waals surface area contributed by atoms with Gasteiger partial charge in [0.2, 0.25) is 0 Å². The molecule has 0 radical (unpaired) electrons. The van der Waals surface area contributed by atoms with Crippen molar-refractivity contribution in [3.05, 3.63) is 23.8 Å². The average molecular weight is 217 g/mol. The average Bonchev–Trinajstić information content (AvgIpc) is 2.44. The molecule has 1 unspecified atom stereocenters. The first-order valence-corrected chi connectivity index (χ1v) is 4.40. The molecule has 82 valence electrons. The van der Waals surface area contributed by atoms with E-state index in [1.807, 2.05) is 0 Å². The molecular formula is C9H10F3N3. The SMILES string of the molecule is C=C1N=CC2=C(N1)C(C)(C(F)(F)F)CN2. The fraction of sp³-hybridized carbons (Fsp3) is 0.444. The van der Waals surface area contributed by atoms with Crippen molar-refractivity contribution in [2.24, 2.45) is 10.4 Å². The Morgan fingerprint density at radius 1 is 1.53 bits per heavy atom. The first-order valence-electron chi connectivity index (χ1n) is 4.40. The molecule has 2 aliphatic heterocycles. The summed E-state index contributed by atoms with van der Waals surface area (Å²) < 4.78 is 38.6. The van der Waals surface area contributed by atoms with Gasteiger partial charge in [-0.3, -0.25) is 0 Å². The molecule has 6 heteroatoms. The Hall–Kier alpha value is -1.46. The first kappa shape index (κ1) is 10.1. The van der Waals surface area contributed by atoms with Gasteiger partial charge in [0.15, 0.2) is 0 Å². The fourth-order valence-corrected chi connectivity index (χ4v) is 1.62. The second kappa shape index (κ2) is 2.77. The van der Waals surface area contributed by atoms with Crippen LogP contribution in [0.3, 0.4) is 0 Å². The van der Waals surface area contributed by atoms with Crippen molar-refractivity contribution >= 4 is 6.21 Å². The highest BCUT2D eigenvalue weighted by molar-refractivity contribution is 5.82. The Labute approximate surface area is 84.8 Å². The summed E-state index contributed by atoms with van der Waals surface area (Å²) in [5.74, 6) is 0.230. The minimum Gasteiger partial charge on any atom is -0.381 e. The fourth-order valence-electron chi connectivity index (χ4n) is 1.62. The summed E-state index contributed by atoms with van der Waals surface area (Å²) in [4.78, 5) is 3.80. The zero-order chi connectivity index (χ0) is 11.3. The minimum absolute atomic E-state index is 0.106. The maximum absolute atomic E-state index is 12.9. The molecule has 3 nitrogen and oxygen atoms in total. The van der Waals surface area contributed by atoms with E-state index in [9.17, 15) is 13.2 Å². The van der Waals surface area contributed by atoms with Gasteiger partial charge in [0.25, 0.3) is 0 Å². The van der Waals surface area contributed by atoms with Crippen LogP contribution in [-0.4, -0.2) is 18.9 Å². The van der Waals surface area contributed by atoms with Gasteiger partial charge in [0, 0.05) is 6.54 Å². The molecule has 0 aliphatic carbocycles. The summed E-state index contributed by atoms with van der Waals surface area (Å²) >= 11 is 0. The number of nitrogens with one attached hydrogen (secondary N) is 2. The van der Waals surface area contributed by atoms with Gasteiger partial charge in [0.1, 0.15) is 11.2 Å². The molecule has 2 aliphatic rings. The maximum atomic E-state index is 12.9. The third kappa shape index (κ3) is 1.32. The lowest BCUT2D eigenvalue weighted by atomic mass is 9.87. The zero-order valence-electron chi connectivity index (χ0n) is 8.07. The number of hydrogen-bond donors (Lipinski definition) is 2. The van der Waals surface area contributed by atoms with Gasteiger partial charge in [0.05, 0.1) is 17.6 Å². The van der Waals surface area contributed by atoms with Crippen LogP contribution in [0.5, 0.6) is 0 Å². The summed E-state index contributed by atoms with van der Waals surface area (Å²) in [6, 6.07) is 0. The second-order valence-electron chi connectivity index (χ2n) is 3.80. The Bertz CT molecular complexity index is 381. The van der Waals surface area contributed by atoms with Crippen LogP contribution >= 0.6 is 0 Å². The molecule has 2 rings (SSSR count). The van der Waals surface area contributed by atoms with E-state index in [-0.39, 0.29) is 18.1 Å². The van der Waals surface area contributed by atoms with Crippen LogP contribution in [0.15, 0.2) is 28.8 Å². The van der Waals surface area contributed by atoms with Crippen LogP contribution < -0.4 is 10.6 Å². The van der Waals surface area contributed by atoms with E-state index in [0.717, 1.165) is 6.92 Å². The standard InChI is InChI=1S/C9H10F3N3/c1-5-13-3-6-7(15-5)8(2,4-14-6)9(10,11)12/h3,14-15H,1,4H2,2H3. The molecule has 0 aromatic heterocycles. The summed E-state index contributed by atoms with van der Waals surface area (Å²) in [6.45, 7) is 4.47. The normalized spacial score (nSPS) is 30.0. The van der Waals surface area contributed by atoms with Crippen LogP contribution in [-0.2, 0) is 0 Å². The number of hydrogen-bond acceptors (Lipinski definition) is 3. The molecule has 1 atom stereocenters. The van der Waals surface area contributed by atoms with Crippen molar-refractivity contribution in [1.29, 1.82) is 0 Å². The molecule has 0 amide bonds. The van der Waals surface area contributed by atoms with Gasteiger partial charge >= 0.3 is 6.18 Å². The van der Waals surface area contributed by atoms with Crippen molar-refractivity contribution < 1.29 is 13.2 Å². The van der Waals surface area contributed by atoms with Crippen LogP contribution in [0.1, 0.15) is 6.92 Å². The van der Waals surface area contributed by atoms with Crippen LogP contribution in [0.4, 0.5) is 13.2 Å². The highest BCUT2D eigenvalue weighted by Gasteiger charge is 2.57. The van der Waals surface area contributed by atoms with E-state index in [0.29, 0.717) is 5.70 Å². The summed E-state index contributed by atoms with van der Waals surface area (Å²) in [5, 5.41) is 5.26. The highest BCUT2D eigenvalue weighted by Crippen LogP contribution is 2.46. The lowest BCUT2D eigenvalue weighted by Gasteiger charge is -2.30. The van der Waals surface area contributed by atoms with Gasteiger partial charge in [-0.25, -0.2) is 4.99 Å². The number of aliphatic imine (C=N–C) groups is 1. The highest BCUT2D eigenvalue weighted by atomic mass is 19.4. The van der Waals surface area contributed by atoms with Crippen molar-refractivity contribution in [2.75, 3.05) is 6.54 Å². The number of alkyl halides is 3. The molecule has 0 spiro atoms. The lowest BCUT2D eigenvalue weighted by molar-refractivity contribution is -0.200. The first-order chi connectivity index (χ1) is 6.84. The molecule has 0 saturated heterocycles. The monoisotopic (exact) mass is 217 g/mol. The third-order valence-electron chi connectivity index (χ3n) is 2.70. The smallest absolute Gasteiger partial charge is 0.381 e. The van der Waals surface area contributed by atoms with Crippen molar-refractivity contribution in [1.82, 2.24) is 10.6 Å². The van der Waals surface area contributed by atoms with Crippen LogP contribution in [0.2, 0.25) is 0 Å². The van der Waals surface area contributed by atoms with E-state index in [4.69, 9.17) is 0 Å². The predicted molar refractivity (Wildman–Crippen MR) is 50.0 cm³/mol. The van der Waals surface area contributed by atoms with Gasteiger partial charge in [-0.2, -0.15) is 13.2 Å². The van der Waals surface area contributed by atoms with Crippen LogP contribution in [0.25, 0.3) is 0 Å². The Balaban J connectivity index is 2.44. The predicted octanol–water partition coefficient (Wildman–Crippen LogP) is 1.52. The quantitative estimate of drug-likeness (QED) is 0.645. The molecule has 2 heterocycles. The van der Waals surface area contributed by atoms with Gasteiger partial charge < -0.3 is 10.6 Å². The van der Waals surface area contributed by atoms with Crippen molar-refractivity contribution in [3.8, 4) is 0 Å². The molecule has 0 bridgehead atoms. The molecule has 0 aromatic carbocycles. The van der Waals surface area contributed by atoms with E-state index in [2.05, 4.69) is 22.2 Å². The van der Waals surface area contributed by atoms with E-state index in [1.165, 1.54) is 6.21 Å². The molecule has 0 saturated carbocycles. The van der Waals surface area contributed by atoms with E-state index >= 15 is 0 Å². The minimum atomic E-state index is -4.30. The number of halogens is 3. The number of allylic oxidation sites excluding steroid dienone is 1. The van der Waals surface area contributed by atoms with E-state index < -0.39 is 11.6 Å². The molecule has 15 heavy (non-hydrogen) atoms. The third-order valence-corrected chi connectivity index (χ3v) is 2.70. The maximum Gasteiger partial charge on any atom is 0.401 e. The lowest BCUT2D eigenvalue weighted by Crippen LogP contribution is -2.43. The Morgan fingerprint density at radius 2 is 2.20 bits per heavy atom. The topological polar surface area (TPSA) is 36.4 Å². The molecule has 0 fully saturated rings. The number of rotatable bonds is 0. The van der Waals surface area contributed by atoms with Gasteiger partial charge in [-0.15, -0.1) is 0 Å². The zero-order valence-corrected chi connectivity index (χ0v) is 8.07. The second-order valence-corrected chi connectivity index (χ2v) is 3.80. The van der Waals surface area contributed by atoms with Gasteiger partial charge in [-0.1, -0.05) is 6.58 Å². The summed E-state index contributed by atoms with van der Waals surface area (Å²) in [7, 11) is 0. The largest absolute Gasteiger partial charge is 0.401 e. The number of nitrogens with zero attached hydrogens (tertiary/aromatic N) is 1. The molecule has 0 aromatic rings. The molecule has 2 N–H and O–H groups in total. The van der Waals surface area contributed by atoms with Crippen LogP contribution in [0, 0.1) is 5.41 Å². The molecular weight excluding hydrogens is 207 g/mol. The summed E-state index contributed by atoms with van der Waals surface area (Å²) in [5.41, 5.74) is -1.39. The van der Waals surface area contributed by atoms with Crippen molar-refractivity contribution in [3.63, 3.8) is 0 Å².